The molecule has 0 bridgehead atoms. The highest BCUT2D eigenvalue weighted by Crippen LogP contribution is 2.34. The fraction of sp³-hybridized carbons (Fsp3) is 0.941. The zero-order valence-electron chi connectivity index (χ0n) is 13.9. The Morgan fingerprint density at radius 1 is 1.14 bits per heavy atom. The zero-order chi connectivity index (χ0) is 15.6. The number of carbonyl (C=O) groups is 1. The molecule has 0 aromatic carbocycles. The second-order valence-electron chi connectivity index (χ2n) is 7.49. The Hall–Kier alpha value is -0.810. The van der Waals surface area contributed by atoms with Crippen LogP contribution in [-0.4, -0.2) is 65.8 Å². The number of aliphatic hydroxyl groups excluding tert-OH is 1. The van der Waals surface area contributed by atoms with E-state index >= 15 is 0 Å². The van der Waals surface area contributed by atoms with Crippen LogP contribution in [0.4, 0.5) is 4.79 Å². The molecular weight excluding hydrogens is 278 g/mol. The summed E-state index contributed by atoms with van der Waals surface area (Å²) in [5.41, 5.74) is 0.0480. The van der Waals surface area contributed by atoms with E-state index in [0.717, 1.165) is 64.3 Å². The standard InChI is InChI=1S/C17H31N3O2/c1-2-17(13-21)7-11-20(12-8-17)16(22)18-14-5-9-19(10-6-14)15-3-4-15/h14-15,21H,2-13H2,1H3,(H,18,22). The topological polar surface area (TPSA) is 55.8 Å². The van der Waals surface area contributed by atoms with Gasteiger partial charge in [0.05, 0.1) is 0 Å². The van der Waals surface area contributed by atoms with Gasteiger partial charge in [0.15, 0.2) is 0 Å². The van der Waals surface area contributed by atoms with Crippen LogP contribution >= 0.6 is 0 Å². The van der Waals surface area contributed by atoms with Crippen LogP contribution < -0.4 is 5.32 Å². The Bertz CT molecular complexity index is 375. The number of rotatable bonds is 4. The average molecular weight is 309 g/mol. The maximum Gasteiger partial charge on any atom is 0.317 e. The third kappa shape index (κ3) is 3.57. The van der Waals surface area contributed by atoms with E-state index in [0.29, 0.717) is 6.04 Å². The second-order valence-corrected chi connectivity index (χ2v) is 7.49. The highest BCUT2D eigenvalue weighted by Gasteiger charge is 2.35. The van der Waals surface area contributed by atoms with Gasteiger partial charge in [-0.1, -0.05) is 6.92 Å². The molecule has 5 heteroatoms. The largest absolute Gasteiger partial charge is 0.396 e. The van der Waals surface area contributed by atoms with Crippen LogP contribution in [0.1, 0.15) is 51.9 Å². The van der Waals surface area contributed by atoms with Gasteiger partial charge in [-0.3, -0.25) is 0 Å². The summed E-state index contributed by atoms with van der Waals surface area (Å²) in [6, 6.07) is 1.30. The lowest BCUT2D eigenvalue weighted by atomic mass is 9.77. The molecule has 2 amide bonds. The van der Waals surface area contributed by atoms with Crippen LogP contribution in [0.2, 0.25) is 0 Å². The Labute approximate surface area is 134 Å². The Morgan fingerprint density at radius 3 is 2.27 bits per heavy atom. The van der Waals surface area contributed by atoms with E-state index < -0.39 is 0 Å². The molecule has 126 valence electrons. The third-order valence-electron chi connectivity index (χ3n) is 6.12. The molecule has 0 unspecified atom stereocenters. The number of nitrogens with zero attached hydrogens (tertiary/aromatic N) is 2. The van der Waals surface area contributed by atoms with Crippen molar-refractivity contribution in [3.8, 4) is 0 Å². The molecule has 0 aromatic heterocycles. The number of amides is 2. The lowest BCUT2D eigenvalue weighted by Crippen LogP contribution is -2.52. The predicted octanol–water partition coefficient (Wildman–Crippen LogP) is 1.81. The number of urea groups is 1. The number of likely N-dealkylation sites (tertiary alicyclic amines) is 2. The molecule has 2 aliphatic heterocycles. The van der Waals surface area contributed by atoms with Crippen molar-refractivity contribution in [1.29, 1.82) is 0 Å². The second kappa shape index (κ2) is 6.75. The molecule has 1 saturated carbocycles. The molecular formula is C17H31N3O2. The first-order valence-corrected chi connectivity index (χ1v) is 9.06. The van der Waals surface area contributed by atoms with Gasteiger partial charge >= 0.3 is 6.03 Å². The van der Waals surface area contributed by atoms with Crippen molar-refractivity contribution in [1.82, 2.24) is 15.1 Å². The highest BCUT2D eigenvalue weighted by atomic mass is 16.3. The first-order valence-electron chi connectivity index (χ1n) is 9.06. The first-order chi connectivity index (χ1) is 10.7. The molecule has 2 heterocycles. The molecule has 2 saturated heterocycles. The van der Waals surface area contributed by atoms with Crippen LogP contribution in [0.3, 0.4) is 0 Å². The van der Waals surface area contributed by atoms with Gasteiger partial charge in [0.2, 0.25) is 0 Å². The van der Waals surface area contributed by atoms with Gasteiger partial charge in [-0.05, 0) is 50.4 Å². The van der Waals surface area contributed by atoms with Gasteiger partial charge in [0.25, 0.3) is 0 Å². The minimum atomic E-state index is 0.0480. The minimum Gasteiger partial charge on any atom is -0.396 e. The Kier molecular flexibility index (Phi) is 4.93. The van der Waals surface area contributed by atoms with E-state index in [4.69, 9.17) is 0 Å². The Balaban J connectivity index is 1.41. The van der Waals surface area contributed by atoms with Crippen molar-refractivity contribution in [2.75, 3.05) is 32.8 Å². The molecule has 0 atom stereocenters. The summed E-state index contributed by atoms with van der Waals surface area (Å²) in [7, 11) is 0. The van der Waals surface area contributed by atoms with E-state index in [1.54, 1.807) is 0 Å². The number of hydrogen-bond acceptors (Lipinski definition) is 3. The van der Waals surface area contributed by atoms with Crippen LogP contribution in [0.5, 0.6) is 0 Å². The Morgan fingerprint density at radius 2 is 1.77 bits per heavy atom. The van der Waals surface area contributed by atoms with Gasteiger partial charge in [-0.25, -0.2) is 4.79 Å². The maximum atomic E-state index is 12.4. The third-order valence-corrected chi connectivity index (χ3v) is 6.12. The van der Waals surface area contributed by atoms with E-state index in [1.807, 2.05) is 4.90 Å². The summed E-state index contributed by atoms with van der Waals surface area (Å²) in [4.78, 5) is 16.9. The van der Waals surface area contributed by atoms with Gasteiger partial charge in [-0.15, -0.1) is 0 Å². The number of hydrogen-bond donors (Lipinski definition) is 2. The quantitative estimate of drug-likeness (QED) is 0.833. The molecule has 0 spiro atoms. The lowest BCUT2D eigenvalue weighted by molar-refractivity contribution is 0.0509. The number of nitrogens with one attached hydrogen (secondary N) is 1. The molecule has 0 radical (unpaired) electrons. The van der Waals surface area contributed by atoms with E-state index in [-0.39, 0.29) is 18.1 Å². The summed E-state index contributed by atoms with van der Waals surface area (Å²) < 4.78 is 0. The van der Waals surface area contributed by atoms with Crippen molar-refractivity contribution in [2.45, 2.75) is 64.0 Å². The maximum absolute atomic E-state index is 12.4. The molecule has 0 aromatic rings. The van der Waals surface area contributed by atoms with Gasteiger partial charge in [-0.2, -0.15) is 0 Å². The average Bonchev–Trinajstić information content (AvgIpc) is 3.40. The van der Waals surface area contributed by atoms with E-state index in [2.05, 4.69) is 17.1 Å². The highest BCUT2D eigenvalue weighted by molar-refractivity contribution is 5.74. The minimum absolute atomic E-state index is 0.0480. The fourth-order valence-corrected chi connectivity index (χ4v) is 3.92. The number of aliphatic hydroxyl groups is 1. The van der Waals surface area contributed by atoms with E-state index in [1.165, 1.54) is 12.8 Å². The molecule has 22 heavy (non-hydrogen) atoms. The van der Waals surface area contributed by atoms with Crippen LogP contribution in [0.25, 0.3) is 0 Å². The zero-order valence-corrected chi connectivity index (χ0v) is 13.9. The smallest absolute Gasteiger partial charge is 0.317 e. The van der Waals surface area contributed by atoms with Crippen molar-refractivity contribution >= 4 is 6.03 Å². The van der Waals surface area contributed by atoms with Crippen LogP contribution in [0, 0.1) is 5.41 Å². The van der Waals surface area contributed by atoms with Crippen LogP contribution in [0.15, 0.2) is 0 Å². The SMILES string of the molecule is CCC1(CO)CCN(C(=O)NC2CCN(C3CC3)CC2)CC1. The molecule has 5 nitrogen and oxygen atoms in total. The van der Waals surface area contributed by atoms with E-state index in [9.17, 15) is 9.90 Å². The number of carbonyl (C=O) groups excluding carboxylic acids is 1. The van der Waals surface area contributed by atoms with Crippen LogP contribution in [-0.2, 0) is 0 Å². The summed E-state index contributed by atoms with van der Waals surface area (Å²) in [5.74, 6) is 0. The molecule has 2 N–H and O–H groups in total. The molecule has 3 aliphatic rings. The molecule has 3 rings (SSSR count). The summed E-state index contributed by atoms with van der Waals surface area (Å²) in [6.07, 6.45) is 7.76. The summed E-state index contributed by atoms with van der Waals surface area (Å²) in [6.45, 7) is 6.22. The normalized spacial score (nSPS) is 26.9. The number of piperidine rings is 2. The van der Waals surface area contributed by atoms with Gasteiger partial charge < -0.3 is 20.2 Å². The molecule has 1 aliphatic carbocycles. The van der Waals surface area contributed by atoms with Crippen molar-refractivity contribution in [3.05, 3.63) is 0 Å². The van der Waals surface area contributed by atoms with Crippen molar-refractivity contribution in [3.63, 3.8) is 0 Å². The fourth-order valence-electron chi connectivity index (χ4n) is 3.92. The summed E-state index contributed by atoms with van der Waals surface area (Å²) in [5, 5.41) is 12.8. The molecule has 3 fully saturated rings. The van der Waals surface area contributed by atoms with Crippen molar-refractivity contribution in [2.24, 2.45) is 5.41 Å². The summed E-state index contributed by atoms with van der Waals surface area (Å²) >= 11 is 0. The van der Waals surface area contributed by atoms with Gasteiger partial charge in [0.1, 0.15) is 0 Å². The van der Waals surface area contributed by atoms with Gasteiger partial charge in [0, 0.05) is 44.9 Å². The predicted molar refractivity (Wildman–Crippen MR) is 86.8 cm³/mol. The van der Waals surface area contributed by atoms with Crippen molar-refractivity contribution < 1.29 is 9.90 Å². The monoisotopic (exact) mass is 309 g/mol. The first kappa shape index (κ1) is 16.1. The lowest BCUT2D eigenvalue weighted by Gasteiger charge is -2.41.